The first-order valence-electron chi connectivity index (χ1n) is 21.0. The Morgan fingerprint density at radius 1 is 0.683 bits per heavy atom. The van der Waals surface area contributed by atoms with Crippen molar-refractivity contribution in [2.24, 2.45) is 17.8 Å². The molecule has 1 unspecified atom stereocenters. The Balaban J connectivity index is 0.955. The molecule has 2 bridgehead atoms. The number of aromatic nitrogens is 4. The number of H-pyrrole nitrogens is 2. The number of piperidine rings is 1. The number of benzene rings is 3. The molecule has 14 heteroatoms. The van der Waals surface area contributed by atoms with Crippen molar-refractivity contribution in [2.45, 2.75) is 90.0 Å². The van der Waals surface area contributed by atoms with Crippen LogP contribution in [0, 0.1) is 17.8 Å². The summed E-state index contributed by atoms with van der Waals surface area (Å²) in [5.41, 5.74) is 5.93. The molecule has 314 valence electrons. The van der Waals surface area contributed by atoms with Crippen molar-refractivity contribution in [3.8, 4) is 33.6 Å². The van der Waals surface area contributed by atoms with Crippen molar-refractivity contribution in [3.63, 3.8) is 0 Å². The largest absolute Gasteiger partial charge is 0.453 e. The molecular weight excluding hydrogens is 761 g/mol. The van der Waals surface area contributed by atoms with Gasteiger partial charge in [-0.1, -0.05) is 76.2 Å². The Hall–Kier alpha value is -6.18. The minimum atomic E-state index is -0.687. The van der Waals surface area contributed by atoms with Gasteiger partial charge in [0, 0.05) is 18.2 Å². The average Bonchev–Trinajstić information content (AvgIpc) is 4.12. The van der Waals surface area contributed by atoms with Crippen molar-refractivity contribution in [1.82, 2.24) is 40.4 Å². The van der Waals surface area contributed by atoms with Gasteiger partial charge in [-0.2, -0.15) is 0 Å². The van der Waals surface area contributed by atoms with Crippen LogP contribution in [-0.4, -0.2) is 92.6 Å². The van der Waals surface area contributed by atoms with Gasteiger partial charge in [-0.3, -0.25) is 9.59 Å². The van der Waals surface area contributed by atoms with Crippen LogP contribution in [0.4, 0.5) is 9.59 Å². The molecule has 1 aliphatic carbocycles. The number of imidazole rings is 2. The molecule has 2 saturated heterocycles. The number of hydrogen-bond acceptors (Lipinski definition) is 8. The van der Waals surface area contributed by atoms with Crippen molar-refractivity contribution >= 4 is 34.8 Å². The molecule has 0 radical (unpaired) electrons. The molecule has 0 spiro atoms. The van der Waals surface area contributed by atoms with Crippen molar-refractivity contribution in [2.75, 3.05) is 20.8 Å². The SMILES string of the molecule is COC(=O)NC(C(=O)N1[C@@H]2CC[C@@H](C2)[C@H]1c1ncc(-c2ccc3cc(-c4ccc(-c5cnc([C@@H]6CCCN6C(=O)[C@@H](NC(=O)OC)C(C)C)[nH]5)cc4)ccc3c2)[nH]1)C(C)C. The summed E-state index contributed by atoms with van der Waals surface area (Å²) in [6.07, 6.45) is 7.00. The van der Waals surface area contributed by atoms with Gasteiger partial charge in [-0.05, 0) is 89.5 Å². The smallest absolute Gasteiger partial charge is 0.407 e. The van der Waals surface area contributed by atoms with Gasteiger partial charge in [-0.15, -0.1) is 0 Å². The maximum atomic E-state index is 14.0. The van der Waals surface area contributed by atoms with Gasteiger partial charge < -0.3 is 39.9 Å². The molecule has 4 N–H and O–H groups in total. The van der Waals surface area contributed by atoms with Gasteiger partial charge in [-0.25, -0.2) is 19.6 Å². The molecule has 4 heterocycles. The van der Waals surface area contributed by atoms with E-state index in [1.807, 2.05) is 49.9 Å². The van der Waals surface area contributed by atoms with Crippen LogP contribution in [-0.2, 0) is 19.1 Å². The van der Waals surface area contributed by atoms with E-state index in [1.165, 1.54) is 14.2 Å². The maximum Gasteiger partial charge on any atom is 0.407 e. The van der Waals surface area contributed by atoms with Crippen LogP contribution in [0.5, 0.6) is 0 Å². The van der Waals surface area contributed by atoms with E-state index in [2.05, 4.69) is 81.3 Å². The van der Waals surface area contributed by atoms with E-state index in [0.717, 1.165) is 88.2 Å². The number of carbonyl (C=O) groups excluding carboxylic acids is 4. The van der Waals surface area contributed by atoms with E-state index in [-0.39, 0.29) is 41.8 Å². The molecule has 14 nitrogen and oxygen atoms in total. The first kappa shape index (κ1) is 40.6. The van der Waals surface area contributed by atoms with Gasteiger partial charge in [0.2, 0.25) is 11.8 Å². The van der Waals surface area contributed by atoms with Crippen LogP contribution in [0.25, 0.3) is 44.4 Å². The molecule has 8 rings (SSSR count). The Bertz CT molecular complexity index is 2390. The van der Waals surface area contributed by atoms with E-state index in [1.54, 1.807) is 0 Å². The lowest BCUT2D eigenvalue weighted by atomic mass is 9.95. The Morgan fingerprint density at radius 3 is 1.88 bits per heavy atom. The summed E-state index contributed by atoms with van der Waals surface area (Å²) in [6.45, 7) is 8.27. The molecule has 1 saturated carbocycles. The summed E-state index contributed by atoms with van der Waals surface area (Å²) in [5, 5.41) is 7.67. The number of ether oxygens (including phenoxy) is 2. The number of methoxy groups -OCH3 is 2. The fourth-order valence-electron chi connectivity index (χ4n) is 9.43. The van der Waals surface area contributed by atoms with Gasteiger partial charge in [0.05, 0.1) is 50.1 Å². The summed E-state index contributed by atoms with van der Waals surface area (Å²) < 4.78 is 9.60. The van der Waals surface area contributed by atoms with Crippen LogP contribution in [0.3, 0.4) is 0 Å². The van der Waals surface area contributed by atoms with Gasteiger partial charge >= 0.3 is 12.2 Å². The zero-order chi connectivity index (χ0) is 42.2. The number of nitrogens with one attached hydrogen (secondary N) is 4. The van der Waals surface area contributed by atoms with E-state index in [0.29, 0.717) is 12.5 Å². The van der Waals surface area contributed by atoms with Crippen LogP contribution < -0.4 is 10.6 Å². The van der Waals surface area contributed by atoms with E-state index < -0.39 is 24.3 Å². The van der Waals surface area contributed by atoms with Crippen LogP contribution in [0.15, 0.2) is 73.1 Å². The topological polar surface area (TPSA) is 175 Å². The number of aromatic amines is 2. The summed E-state index contributed by atoms with van der Waals surface area (Å²) in [6, 6.07) is 19.6. The molecule has 2 aromatic heterocycles. The summed E-state index contributed by atoms with van der Waals surface area (Å²) in [4.78, 5) is 72.0. The predicted octanol–water partition coefficient (Wildman–Crippen LogP) is 7.76. The quantitative estimate of drug-likeness (QED) is 0.105. The third-order valence-corrected chi connectivity index (χ3v) is 12.6. The second kappa shape index (κ2) is 16.8. The normalized spacial score (nSPS) is 20.8. The Labute approximate surface area is 349 Å². The second-order valence-corrected chi connectivity index (χ2v) is 17.0. The van der Waals surface area contributed by atoms with Gasteiger partial charge in [0.15, 0.2) is 0 Å². The van der Waals surface area contributed by atoms with Gasteiger partial charge in [0.25, 0.3) is 0 Å². The molecule has 60 heavy (non-hydrogen) atoms. The molecular formula is C46H54N8O6. The lowest BCUT2D eigenvalue weighted by Crippen LogP contribution is -2.54. The molecule has 6 atom stereocenters. The fraction of sp³-hybridized carbons (Fsp3) is 0.435. The average molecular weight is 815 g/mol. The molecule has 3 aliphatic rings. The number of fused-ring (bicyclic) bond motifs is 3. The highest BCUT2D eigenvalue weighted by Gasteiger charge is 2.51. The number of hydrogen-bond donors (Lipinski definition) is 4. The lowest BCUT2D eigenvalue weighted by Gasteiger charge is -2.37. The van der Waals surface area contributed by atoms with E-state index in [4.69, 9.17) is 19.4 Å². The highest BCUT2D eigenvalue weighted by atomic mass is 16.5. The zero-order valence-corrected chi connectivity index (χ0v) is 35.0. The predicted molar refractivity (Wildman–Crippen MR) is 227 cm³/mol. The van der Waals surface area contributed by atoms with Crippen molar-refractivity contribution < 1.29 is 28.7 Å². The number of carbonyl (C=O) groups is 4. The third kappa shape index (κ3) is 7.82. The van der Waals surface area contributed by atoms with Crippen LogP contribution in [0.1, 0.15) is 83.5 Å². The number of rotatable bonds is 11. The first-order valence-corrected chi connectivity index (χ1v) is 21.0. The van der Waals surface area contributed by atoms with Crippen LogP contribution >= 0.6 is 0 Å². The molecule has 3 fully saturated rings. The standard InChI is InChI=1S/C46H54N8O6/c1-25(2)38(51-45(57)59-5)43(55)53-19-7-8-37(53)41-47-23-35(49-41)28-11-9-27(10-12-28)29-13-14-31-21-32(16-15-30(31)20-29)36-24-48-42(50-36)40-33-17-18-34(22-33)54(40)44(56)39(26(3)4)52-46(58)60-6/h9-16,20-21,23-26,33-34,37-40H,7-8,17-19,22H2,1-6H3,(H,47,49)(H,48,50)(H,51,57)(H,52,58)/t33-,34+,37-,38-,39?,40-/m0/s1. The minimum Gasteiger partial charge on any atom is -0.453 e. The molecule has 4 amide bonds. The van der Waals surface area contributed by atoms with E-state index >= 15 is 0 Å². The summed E-state index contributed by atoms with van der Waals surface area (Å²) in [5.74, 6) is 1.38. The van der Waals surface area contributed by atoms with Crippen LogP contribution in [0.2, 0.25) is 0 Å². The maximum absolute atomic E-state index is 14.0. The molecule has 3 aromatic carbocycles. The Morgan fingerprint density at radius 2 is 1.23 bits per heavy atom. The highest BCUT2D eigenvalue weighted by Crippen LogP contribution is 2.50. The number of nitrogens with zero attached hydrogens (tertiary/aromatic N) is 4. The lowest BCUT2D eigenvalue weighted by molar-refractivity contribution is -0.139. The van der Waals surface area contributed by atoms with Crippen molar-refractivity contribution in [3.05, 3.63) is 84.7 Å². The van der Waals surface area contributed by atoms with E-state index in [9.17, 15) is 19.2 Å². The number of likely N-dealkylation sites (tertiary alicyclic amines) is 2. The first-order chi connectivity index (χ1) is 28.9. The summed E-state index contributed by atoms with van der Waals surface area (Å²) in [7, 11) is 2.60. The molecule has 2 aliphatic heterocycles. The minimum absolute atomic E-state index is 0.0917. The monoisotopic (exact) mass is 814 g/mol. The molecule has 5 aromatic rings. The third-order valence-electron chi connectivity index (χ3n) is 12.6. The second-order valence-electron chi connectivity index (χ2n) is 17.0. The highest BCUT2D eigenvalue weighted by molar-refractivity contribution is 5.91. The number of amides is 4. The number of alkyl carbamates (subject to hydrolysis) is 2. The van der Waals surface area contributed by atoms with Crippen molar-refractivity contribution in [1.29, 1.82) is 0 Å². The fourth-order valence-corrected chi connectivity index (χ4v) is 9.43. The Kier molecular flexibility index (Phi) is 11.4. The summed E-state index contributed by atoms with van der Waals surface area (Å²) >= 11 is 0. The zero-order valence-electron chi connectivity index (χ0n) is 35.0. The van der Waals surface area contributed by atoms with Gasteiger partial charge in [0.1, 0.15) is 23.7 Å².